The molecule has 6 nitrogen and oxygen atoms in total. The first-order chi connectivity index (χ1) is 12.9. The summed E-state index contributed by atoms with van der Waals surface area (Å²) in [5.41, 5.74) is 5.36. The van der Waals surface area contributed by atoms with Crippen LogP contribution in [0.1, 0.15) is 23.6 Å². The number of aryl methyl sites for hydroxylation is 2. The number of amides is 1. The molecule has 0 fully saturated rings. The van der Waals surface area contributed by atoms with Crippen LogP contribution in [0, 0.1) is 13.8 Å². The van der Waals surface area contributed by atoms with Crippen LogP contribution in [0.2, 0.25) is 0 Å². The number of hydrazone groups is 1. The van der Waals surface area contributed by atoms with Crippen molar-refractivity contribution in [2.75, 3.05) is 20.3 Å². The van der Waals surface area contributed by atoms with Crippen LogP contribution in [0.4, 0.5) is 0 Å². The Bertz CT molecular complexity index is 817. The maximum absolute atomic E-state index is 11.9. The fourth-order valence-electron chi connectivity index (χ4n) is 2.47. The Morgan fingerprint density at radius 1 is 1.15 bits per heavy atom. The van der Waals surface area contributed by atoms with Gasteiger partial charge in [-0.2, -0.15) is 5.10 Å². The van der Waals surface area contributed by atoms with Gasteiger partial charge in [-0.3, -0.25) is 4.79 Å². The van der Waals surface area contributed by atoms with Crippen LogP contribution in [0.5, 0.6) is 17.2 Å². The average molecular weight is 435 g/mol. The van der Waals surface area contributed by atoms with Crippen LogP contribution in [0.25, 0.3) is 0 Å². The third kappa shape index (κ3) is 6.29. The fraction of sp³-hybridized carbons (Fsp3) is 0.300. The topological polar surface area (TPSA) is 69.2 Å². The van der Waals surface area contributed by atoms with E-state index in [0.29, 0.717) is 23.9 Å². The molecular formula is C20H23BrN2O4. The molecule has 0 heterocycles. The summed E-state index contributed by atoms with van der Waals surface area (Å²) in [6.45, 7) is 6.27. The number of hydrogen-bond acceptors (Lipinski definition) is 5. The lowest BCUT2D eigenvalue weighted by Crippen LogP contribution is -2.24. The summed E-state index contributed by atoms with van der Waals surface area (Å²) in [7, 11) is 1.57. The number of nitrogens with one attached hydrogen (secondary N) is 1. The van der Waals surface area contributed by atoms with E-state index >= 15 is 0 Å². The summed E-state index contributed by atoms with van der Waals surface area (Å²) in [6.07, 6.45) is 1.53. The zero-order valence-corrected chi connectivity index (χ0v) is 17.4. The third-order valence-electron chi connectivity index (χ3n) is 3.51. The van der Waals surface area contributed by atoms with Crippen LogP contribution in [-0.4, -0.2) is 32.4 Å². The van der Waals surface area contributed by atoms with Gasteiger partial charge in [0.2, 0.25) is 0 Å². The van der Waals surface area contributed by atoms with Gasteiger partial charge in [0.15, 0.2) is 18.1 Å². The molecule has 0 atom stereocenters. The maximum atomic E-state index is 11.9. The highest BCUT2D eigenvalue weighted by Gasteiger charge is 2.10. The maximum Gasteiger partial charge on any atom is 0.277 e. The fourth-order valence-corrected chi connectivity index (χ4v) is 3.05. The summed E-state index contributed by atoms with van der Waals surface area (Å²) in [5.74, 6) is 1.52. The van der Waals surface area contributed by atoms with Crippen LogP contribution in [0.15, 0.2) is 39.9 Å². The minimum atomic E-state index is -0.345. The standard InChI is InChI=1S/C20H23BrN2O4/c1-5-26-20-17(21)9-15(10-18(20)25-4)11-22-23-19(24)12-27-16-7-13(2)6-14(3)8-16/h6-11H,5,12H2,1-4H3,(H,23,24)/b22-11+. The van der Waals surface area contributed by atoms with Crippen molar-refractivity contribution in [3.63, 3.8) is 0 Å². The molecule has 0 aliphatic heterocycles. The van der Waals surface area contributed by atoms with Gasteiger partial charge in [-0.25, -0.2) is 5.43 Å². The molecule has 0 spiro atoms. The number of benzene rings is 2. The number of methoxy groups -OCH3 is 1. The van der Waals surface area contributed by atoms with E-state index in [2.05, 4.69) is 26.5 Å². The van der Waals surface area contributed by atoms with E-state index in [1.54, 1.807) is 13.2 Å². The van der Waals surface area contributed by atoms with Gasteiger partial charge in [0.1, 0.15) is 5.75 Å². The molecule has 0 bridgehead atoms. The van der Waals surface area contributed by atoms with Gasteiger partial charge in [-0.05, 0) is 77.7 Å². The van der Waals surface area contributed by atoms with Crippen LogP contribution in [0.3, 0.4) is 0 Å². The van der Waals surface area contributed by atoms with Gasteiger partial charge in [-0.15, -0.1) is 0 Å². The van der Waals surface area contributed by atoms with Gasteiger partial charge >= 0.3 is 0 Å². The lowest BCUT2D eigenvalue weighted by atomic mass is 10.1. The number of hydrogen-bond donors (Lipinski definition) is 1. The van der Waals surface area contributed by atoms with E-state index in [1.807, 2.05) is 45.0 Å². The molecule has 27 heavy (non-hydrogen) atoms. The van der Waals surface area contributed by atoms with Crippen molar-refractivity contribution in [2.24, 2.45) is 5.10 Å². The van der Waals surface area contributed by atoms with Crippen LogP contribution in [-0.2, 0) is 4.79 Å². The lowest BCUT2D eigenvalue weighted by Gasteiger charge is -2.12. The first kappa shape index (κ1) is 20.8. The molecule has 0 unspecified atom stereocenters. The normalized spacial score (nSPS) is 10.7. The predicted molar refractivity (Wildman–Crippen MR) is 109 cm³/mol. The molecule has 1 amide bonds. The highest BCUT2D eigenvalue weighted by atomic mass is 79.9. The Morgan fingerprint density at radius 3 is 2.48 bits per heavy atom. The minimum absolute atomic E-state index is 0.115. The monoisotopic (exact) mass is 434 g/mol. The Labute approximate surface area is 167 Å². The second kappa shape index (κ2) is 9.97. The number of carbonyl (C=O) groups is 1. The summed E-state index contributed by atoms with van der Waals surface area (Å²) < 4.78 is 17.1. The van der Waals surface area contributed by atoms with E-state index in [1.165, 1.54) is 6.21 Å². The molecule has 0 aliphatic rings. The molecule has 144 valence electrons. The van der Waals surface area contributed by atoms with E-state index in [9.17, 15) is 4.79 Å². The van der Waals surface area contributed by atoms with E-state index in [0.717, 1.165) is 21.2 Å². The van der Waals surface area contributed by atoms with Crippen molar-refractivity contribution in [2.45, 2.75) is 20.8 Å². The number of nitrogens with zero attached hydrogens (tertiary/aromatic N) is 1. The first-order valence-electron chi connectivity index (χ1n) is 8.46. The summed E-state index contributed by atoms with van der Waals surface area (Å²) in [6, 6.07) is 9.41. The number of halogens is 1. The molecule has 0 saturated carbocycles. The second-order valence-electron chi connectivity index (χ2n) is 5.87. The molecule has 7 heteroatoms. The Balaban J connectivity index is 1.94. The first-order valence-corrected chi connectivity index (χ1v) is 9.25. The van der Waals surface area contributed by atoms with Crippen molar-refractivity contribution >= 4 is 28.1 Å². The molecule has 0 radical (unpaired) electrons. The number of carbonyl (C=O) groups excluding carboxylic acids is 1. The molecular weight excluding hydrogens is 412 g/mol. The van der Waals surface area contributed by atoms with Crippen molar-refractivity contribution < 1.29 is 19.0 Å². The second-order valence-corrected chi connectivity index (χ2v) is 6.73. The number of ether oxygens (including phenoxy) is 3. The third-order valence-corrected chi connectivity index (χ3v) is 4.10. The van der Waals surface area contributed by atoms with Crippen molar-refractivity contribution in [3.05, 3.63) is 51.5 Å². The van der Waals surface area contributed by atoms with Crippen LogP contribution < -0.4 is 19.6 Å². The molecule has 0 saturated heterocycles. The molecule has 0 aromatic heterocycles. The van der Waals surface area contributed by atoms with Crippen molar-refractivity contribution in [3.8, 4) is 17.2 Å². The smallest absolute Gasteiger partial charge is 0.277 e. The van der Waals surface area contributed by atoms with Crippen molar-refractivity contribution in [1.29, 1.82) is 0 Å². The Morgan fingerprint density at radius 2 is 1.85 bits per heavy atom. The molecule has 1 N–H and O–H groups in total. The van der Waals surface area contributed by atoms with E-state index < -0.39 is 0 Å². The van der Waals surface area contributed by atoms with Gasteiger partial charge in [0.05, 0.1) is 24.4 Å². The predicted octanol–water partition coefficient (Wildman–Crippen LogP) is 4.00. The van der Waals surface area contributed by atoms with E-state index in [-0.39, 0.29) is 12.5 Å². The van der Waals surface area contributed by atoms with Crippen molar-refractivity contribution in [1.82, 2.24) is 5.43 Å². The van der Waals surface area contributed by atoms with Gasteiger partial charge < -0.3 is 14.2 Å². The zero-order valence-electron chi connectivity index (χ0n) is 15.8. The molecule has 2 rings (SSSR count). The van der Waals surface area contributed by atoms with Gasteiger partial charge in [0.25, 0.3) is 5.91 Å². The highest BCUT2D eigenvalue weighted by Crippen LogP contribution is 2.36. The highest BCUT2D eigenvalue weighted by molar-refractivity contribution is 9.10. The minimum Gasteiger partial charge on any atom is -0.493 e. The molecule has 2 aromatic carbocycles. The zero-order chi connectivity index (χ0) is 19.8. The lowest BCUT2D eigenvalue weighted by molar-refractivity contribution is -0.123. The Hall–Kier alpha value is -2.54. The summed E-state index contributed by atoms with van der Waals surface area (Å²) in [4.78, 5) is 11.9. The van der Waals surface area contributed by atoms with Crippen LogP contribution >= 0.6 is 15.9 Å². The largest absolute Gasteiger partial charge is 0.493 e. The van der Waals surface area contributed by atoms with Gasteiger partial charge in [0, 0.05) is 0 Å². The Kier molecular flexibility index (Phi) is 7.67. The SMILES string of the molecule is CCOc1c(Br)cc(/C=N/NC(=O)COc2cc(C)cc(C)c2)cc1OC. The molecule has 0 aliphatic carbocycles. The average Bonchev–Trinajstić information content (AvgIpc) is 2.61. The quantitative estimate of drug-likeness (QED) is 0.503. The number of rotatable bonds is 8. The van der Waals surface area contributed by atoms with E-state index in [4.69, 9.17) is 14.2 Å². The van der Waals surface area contributed by atoms with Gasteiger partial charge in [-0.1, -0.05) is 6.07 Å². The summed E-state index contributed by atoms with van der Waals surface area (Å²) in [5, 5.41) is 3.96. The summed E-state index contributed by atoms with van der Waals surface area (Å²) >= 11 is 3.45. The molecule has 2 aromatic rings.